The number of pyridine rings is 1. The number of imidazole rings is 2. The number of benzene rings is 1. The summed E-state index contributed by atoms with van der Waals surface area (Å²) in [6.45, 7) is 5.95. The van der Waals surface area contributed by atoms with Gasteiger partial charge in [0.05, 0.1) is 17.9 Å². The van der Waals surface area contributed by atoms with E-state index in [1.807, 2.05) is 51.2 Å². The van der Waals surface area contributed by atoms with Crippen molar-refractivity contribution in [3.8, 4) is 0 Å². The van der Waals surface area contributed by atoms with Crippen molar-refractivity contribution in [1.29, 1.82) is 0 Å². The van der Waals surface area contributed by atoms with Gasteiger partial charge in [-0.1, -0.05) is 25.5 Å². The standard InChI is InChI=1S/C27H31N7O4S/c1-5-8-19(13-23(35)31-39(37,38)24-15-32(4)16-30-24)34-26-22(11-7-12-28-26)33(27(34)36)18(3)20-14-29-21-10-6-9-17(2)25(20)21/h6-7,9-12,14-16,18-19,29H,5,8,13H2,1-4H3,(H,31,35)/t18-,19?/m0/s1. The number of nitrogens with zero attached hydrogens (tertiary/aromatic N) is 5. The van der Waals surface area contributed by atoms with E-state index in [1.54, 1.807) is 23.9 Å². The summed E-state index contributed by atoms with van der Waals surface area (Å²) < 4.78 is 32.2. The summed E-state index contributed by atoms with van der Waals surface area (Å²) in [5.41, 5.74) is 3.84. The van der Waals surface area contributed by atoms with E-state index in [2.05, 4.69) is 19.7 Å². The SMILES string of the molecule is CCCC(CC(=O)NS(=O)(=O)c1cn(C)cn1)n1c(=O)n([C@@H](C)c2c[nH]c3cccc(C)c23)c2cccnc21. The Kier molecular flexibility index (Phi) is 6.89. The number of hydrogen-bond acceptors (Lipinski definition) is 6. The lowest BCUT2D eigenvalue weighted by Crippen LogP contribution is -2.35. The van der Waals surface area contributed by atoms with E-state index in [0.717, 1.165) is 22.0 Å². The molecule has 1 aromatic carbocycles. The van der Waals surface area contributed by atoms with Crippen molar-refractivity contribution in [1.82, 2.24) is 33.4 Å². The molecule has 0 aliphatic rings. The monoisotopic (exact) mass is 549 g/mol. The lowest BCUT2D eigenvalue weighted by molar-refractivity contribution is -0.120. The lowest BCUT2D eigenvalue weighted by atomic mass is 10.0. The van der Waals surface area contributed by atoms with Gasteiger partial charge < -0.3 is 9.55 Å². The van der Waals surface area contributed by atoms with Gasteiger partial charge in [-0.05, 0) is 44.0 Å². The predicted octanol–water partition coefficient (Wildman–Crippen LogP) is 3.57. The van der Waals surface area contributed by atoms with Crippen molar-refractivity contribution < 1.29 is 13.2 Å². The Morgan fingerprint density at radius 2 is 1.95 bits per heavy atom. The van der Waals surface area contributed by atoms with E-state index in [1.165, 1.54) is 21.7 Å². The van der Waals surface area contributed by atoms with Crippen LogP contribution >= 0.6 is 0 Å². The Labute approximate surface area is 225 Å². The highest BCUT2D eigenvalue weighted by molar-refractivity contribution is 7.90. The van der Waals surface area contributed by atoms with Crippen LogP contribution in [0, 0.1) is 6.92 Å². The van der Waals surface area contributed by atoms with Gasteiger partial charge in [-0.2, -0.15) is 8.42 Å². The number of amides is 1. The van der Waals surface area contributed by atoms with Crippen LogP contribution < -0.4 is 10.4 Å². The van der Waals surface area contributed by atoms with Gasteiger partial charge in [0, 0.05) is 54.6 Å². The molecule has 0 saturated carbocycles. The number of H-pyrrole nitrogens is 1. The molecule has 4 heterocycles. The molecule has 0 bridgehead atoms. The Bertz CT molecular complexity index is 1840. The number of aromatic amines is 1. The van der Waals surface area contributed by atoms with Crippen molar-refractivity contribution >= 4 is 38.0 Å². The fraction of sp³-hybridized carbons (Fsp3) is 0.333. The molecule has 5 aromatic rings. The summed E-state index contributed by atoms with van der Waals surface area (Å²) in [7, 11) is -2.50. The molecule has 11 nitrogen and oxygen atoms in total. The Morgan fingerprint density at radius 1 is 1.15 bits per heavy atom. The molecule has 1 unspecified atom stereocenters. The third-order valence-corrected chi connectivity index (χ3v) is 8.32. The molecule has 2 N–H and O–H groups in total. The molecule has 0 aliphatic carbocycles. The zero-order chi connectivity index (χ0) is 27.9. The number of hydrogen-bond donors (Lipinski definition) is 2. The summed E-state index contributed by atoms with van der Waals surface area (Å²) in [6.07, 6.45) is 7.13. The summed E-state index contributed by atoms with van der Waals surface area (Å²) in [5, 5.41) is 0.814. The number of aromatic nitrogens is 6. The normalized spacial score (nSPS) is 13.6. The Balaban J connectivity index is 1.55. The molecule has 5 rings (SSSR count). The second-order valence-electron chi connectivity index (χ2n) is 9.84. The smallest absolute Gasteiger partial charge is 0.331 e. The van der Waals surface area contributed by atoms with E-state index in [-0.39, 0.29) is 23.2 Å². The first-order valence-corrected chi connectivity index (χ1v) is 14.3. The third kappa shape index (κ3) is 4.76. The van der Waals surface area contributed by atoms with Gasteiger partial charge in [0.25, 0.3) is 10.0 Å². The molecule has 204 valence electrons. The van der Waals surface area contributed by atoms with E-state index < -0.39 is 22.0 Å². The zero-order valence-electron chi connectivity index (χ0n) is 22.2. The van der Waals surface area contributed by atoms with Crippen LogP contribution in [0.15, 0.2) is 65.1 Å². The van der Waals surface area contributed by atoms with Crippen LogP contribution in [0.2, 0.25) is 0 Å². The first-order chi connectivity index (χ1) is 18.6. The highest BCUT2D eigenvalue weighted by Crippen LogP contribution is 2.31. The summed E-state index contributed by atoms with van der Waals surface area (Å²) in [4.78, 5) is 38.7. The third-order valence-electron chi connectivity index (χ3n) is 7.06. The fourth-order valence-electron chi connectivity index (χ4n) is 5.28. The minimum atomic E-state index is -4.14. The van der Waals surface area contributed by atoms with Gasteiger partial charge in [-0.25, -0.2) is 19.5 Å². The number of sulfonamides is 1. The molecule has 0 spiro atoms. The van der Waals surface area contributed by atoms with Crippen LogP contribution in [0.25, 0.3) is 22.1 Å². The van der Waals surface area contributed by atoms with Gasteiger partial charge >= 0.3 is 5.69 Å². The second kappa shape index (κ2) is 10.2. The highest BCUT2D eigenvalue weighted by atomic mass is 32.2. The largest absolute Gasteiger partial charge is 0.361 e. The molecule has 12 heteroatoms. The summed E-state index contributed by atoms with van der Waals surface area (Å²) in [5.74, 6) is -0.719. The first-order valence-electron chi connectivity index (χ1n) is 12.8. The average Bonchev–Trinajstić information content (AvgIpc) is 3.59. The molecule has 4 aromatic heterocycles. The van der Waals surface area contributed by atoms with Gasteiger partial charge in [0.2, 0.25) is 5.91 Å². The number of carbonyl (C=O) groups is 1. The zero-order valence-corrected chi connectivity index (χ0v) is 23.1. The maximum atomic E-state index is 14.1. The van der Waals surface area contributed by atoms with Crippen LogP contribution in [0.4, 0.5) is 0 Å². The van der Waals surface area contributed by atoms with Crippen LogP contribution in [0.5, 0.6) is 0 Å². The lowest BCUT2D eigenvalue weighted by Gasteiger charge is -2.18. The molecule has 0 aliphatic heterocycles. The summed E-state index contributed by atoms with van der Waals surface area (Å²) >= 11 is 0. The highest BCUT2D eigenvalue weighted by Gasteiger charge is 2.28. The Morgan fingerprint density at radius 3 is 2.67 bits per heavy atom. The van der Waals surface area contributed by atoms with Crippen molar-refractivity contribution in [3.05, 3.63) is 76.9 Å². The molecule has 2 atom stereocenters. The topological polar surface area (TPSA) is 137 Å². The minimum absolute atomic E-state index is 0.212. The summed E-state index contributed by atoms with van der Waals surface area (Å²) in [6, 6.07) is 8.71. The quantitative estimate of drug-likeness (QED) is 0.288. The predicted molar refractivity (Wildman–Crippen MR) is 148 cm³/mol. The Hall–Kier alpha value is -4.19. The number of rotatable bonds is 9. The molecular weight excluding hydrogens is 518 g/mol. The molecule has 0 fully saturated rings. The van der Waals surface area contributed by atoms with Gasteiger partial charge in [0.15, 0.2) is 10.7 Å². The van der Waals surface area contributed by atoms with Crippen molar-refractivity contribution in [2.24, 2.45) is 7.05 Å². The second-order valence-corrected chi connectivity index (χ2v) is 11.5. The van der Waals surface area contributed by atoms with Crippen LogP contribution in [0.1, 0.15) is 56.3 Å². The van der Waals surface area contributed by atoms with Crippen molar-refractivity contribution in [2.45, 2.75) is 57.1 Å². The average molecular weight is 550 g/mol. The molecule has 0 saturated heterocycles. The number of nitrogens with one attached hydrogen (secondary N) is 2. The fourth-order valence-corrected chi connectivity index (χ4v) is 6.26. The number of fused-ring (bicyclic) bond motifs is 2. The maximum Gasteiger partial charge on any atom is 0.331 e. The van der Waals surface area contributed by atoms with Gasteiger partial charge in [-0.15, -0.1) is 0 Å². The van der Waals surface area contributed by atoms with Crippen molar-refractivity contribution in [2.75, 3.05) is 0 Å². The van der Waals surface area contributed by atoms with E-state index in [4.69, 9.17) is 0 Å². The van der Waals surface area contributed by atoms with Crippen molar-refractivity contribution in [3.63, 3.8) is 0 Å². The molecule has 1 amide bonds. The van der Waals surface area contributed by atoms with E-state index >= 15 is 0 Å². The van der Waals surface area contributed by atoms with Gasteiger partial charge in [0.1, 0.15) is 0 Å². The molecular formula is C27H31N7O4S. The maximum absolute atomic E-state index is 14.1. The molecule has 0 radical (unpaired) electrons. The van der Waals surface area contributed by atoms with E-state index in [0.29, 0.717) is 24.0 Å². The van der Waals surface area contributed by atoms with E-state index in [9.17, 15) is 18.0 Å². The first kappa shape index (κ1) is 26.4. The molecule has 39 heavy (non-hydrogen) atoms. The van der Waals surface area contributed by atoms with Crippen LogP contribution in [-0.2, 0) is 21.9 Å². The van der Waals surface area contributed by atoms with Gasteiger partial charge in [-0.3, -0.25) is 13.9 Å². The van der Waals surface area contributed by atoms with Crippen LogP contribution in [-0.4, -0.2) is 43.0 Å². The van der Waals surface area contributed by atoms with Crippen LogP contribution in [0.3, 0.4) is 0 Å². The number of carbonyl (C=O) groups excluding carboxylic acids is 1. The minimum Gasteiger partial charge on any atom is -0.361 e. The number of aryl methyl sites for hydroxylation is 2.